The summed E-state index contributed by atoms with van der Waals surface area (Å²) in [5.74, 6) is 0.475. The molecule has 1 N–H and O–H groups in total. The van der Waals surface area contributed by atoms with Gasteiger partial charge in [-0.2, -0.15) is 0 Å². The molecule has 0 bridgehead atoms. The molecule has 1 aromatic carbocycles. The minimum Gasteiger partial charge on any atom is -0.300 e. The molecular weight excluding hydrogens is 194 g/mol. The fraction of sp³-hybridized carbons (Fsp3) is 0.250. The van der Waals surface area contributed by atoms with Gasteiger partial charge in [-0.3, -0.25) is 0 Å². The van der Waals surface area contributed by atoms with Gasteiger partial charge in [0.1, 0.15) is 0 Å². The van der Waals surface area contributed by atoms with E-state index in [0.717, 1.165) is 5.56 Å². The van der Waals surface area contributed by atoms with Crippen LogP contribution in [0.1, 0.15) is 19.4 Å². The van der Waals surface area contributed by atoms with Crippen LogP contribution in [0.25, 0.3) is 0 Å². The Morgan fingerprint density at radius 1 is 1.29 bits per heavy atom. The van der Waals surface area contributed by atoms with Gasteiger partial charge in [0, 0.05) is 5.02 Å². The average Bonchev–Trinajstić information content (AvgIpc) is 2.15. The monoisotopic (exact) mass is 207 g/mol. The van der Waals surface area contributed by atoms with E-state index in [1.54, 1.807) is 12.1 Å². The zero-order valence-corrected chi connectivity index (χ0v) is 9.18. The van der Waals surface area contributed by atoms with Crippen LogP contribution in [0.15, 0.2) is 36.4 Å². The Hall–Kier alpha value is -1.08. The van der Waals surface area contributed by atoms with E-state index in [-0.39, 0.29) is 0 Å². The lowest BCUT2D eigenvalue weighted by molar-refractivity contribution is 0.832. The van der Waals surface area contributed by atoms with Crippen LogP contribution < -0.4 is 0 Å². The molecule has 2 heteroatoms. The third-order valence-electron chi connectivity index (χ3n) is 1.80. The standard InChI is InChI=1S/C12H14ClN/c1-9(2)3-8-12(14)10-4-6-11(13)7-5-10/h3-9,14H,1-2H3. The summed E-state index contributed by atoms with van der Waals surface area (Å²) in [5, 5.41) is 8.47. The largest absolute Gasteiger partial charge is 0.300 e. The smallest absolute Gasteiger partial charge is 0.0609 e. The number of allylic oxidation sites excluding steroid dienone is 2. The molecule has 0 radical (unpaired) electrons. The summed E-state index contributed by atoms with van der Waals surface area (Å²) in [6, 6.07) is 7.31. The van der Waals surface area contributed by atoms with Crippen molar-refractivity contribution < 1.29 is 0 Å². The molecule has 1 nitrogen and oxygen atoms in total. The third-order valence-corrected chi connectivity index (χ3v) is 2.05. The second-order valence-corrected chi connectivity index (χ2v) is 3.96. The lowest BCUT2D eigenvalue weighted by Gasteiger charge is -1.99. The van der Waals surface area contributed by atoms with Crippen molar-refractivity contribution in [1.29, 1.82) is 5.41 Å². The maximum Gasteiger partial charge on any atom is 0.0609 e. The topological polar surface area (TPSA) is 23.9 Å². The van der Waals surface area contributed by atoms with Gasteiger partial charge in [-0.15, -0.1) is 0 Å². The quantitative estimate of drug-likeness (QED) is 0.727. The van der Waals surface area contributed by atoms with E-state index in [9.17, 15) is 0 Å². The van der Waals surface area contributed by atoms with Gasteiger partial charge in [-0.05, 0) is 29.7 Å². The van der Waals surface area contributed by atoms with E-state index in [1.165, 1.54) is 0 Å². The highest BCUT2D eigenvalue weighted by Gasteiger charge is 1.96. The first-order valence-corrected chi connectivity index (χ1v) is 5.00. The van der Waals surface area contributed by atoms with Crippen molar-refractivity contribution in [3.05, 3.63) is 47.0 Å². The summed E-state index contributed by atoms with van der Waals surface area (Å²) < 4.78 is 0. The molecule has 0 amide bonds. The first kappa shape index (κ1) is 11.0. The van der Waals surface area contributed by atoms with E-state index in [1.807, 2.05) is 24.3 Å². The maximum atomic E-state index is 7.76. The highest BCUT2D eigenvalue weighted by atomic mass is 35.5. The minimum atomic E-state index is 0.475. The van der Waals surface area contributed by atoms with Gasteiger partial charge in [0.05, 0.1) is 5.71 Å². The second kappa shape index (κ2) is 4.97. The van der Waals surface area contributed by atoms with Gasteiger partial charge in [-0.1, -0.05) is 43.7 Å². The SMILES string of the molecule is CC(C)C=CC(=N)c1ccc(Cl)cc1. The van der Waals surface area contributed by atoms with Crippen LogP contribution in [0.5, 0.6) is 0 Å². The molecule has 0 aliphatic heterocycles. The molecule has 0 heterocycles. The van der Waals surface area contributed by atoms with Crippen molar-refractivity contribution in [2.24, 2.45) is 5.92 Å². The molecule has 0 unspecified atom stereocenters. The zero-order chi connectivity index (χ0) is 10.6. The average molecular weight is 208 g/mol. The van der Waals surface area contributed by atoms with Crippen molar-refractivity contribution in [3.63, 3.8) is 0 Å². The zero-order valence-electron chi connectivity index (χ0n) is 8.42. The minimum absolute atomic E-state index is 0.475. The number of hydrogen-bond acceptors (Lipinski definition) is 1. The van der Waals surface area contributed by atoms with Crippen molar-refractivity contribution in [3.8, 4) is 0 Å². The van der Waals surface area contributed by atoms with Crippen molar-refractivity contribution in [2.75, 3.05) is 0 Å². The summed E-state index contributed by atoms with van der Waals surface area (Å²) in [5.41, 5.74) is 1.42. The highest BCUT2D eigenvalue weighted by molar-refractivity contribution is 6.30. The fourth-order valence-corrected chi connectivity index (χ4v) is 1.14. The van der Waals surface area contributed by atoms with Crippen LogP contribution in [-0.2, 0) is 0 Å². The first-order valence-electron chi connectivity index (χ1n) is 4.62. The van der Waals surface area contributed by atoms with Gasteiger partial charge in [-0.25, -0.2) is 0 Å². The Balaban J connectivity index is 2.75. The Morgan fingerprint density at radius 3 is 2.36 bits per heavy atom. The van der Waals surface area contributed by atoms with Gasteiger partial charge in [0.15, 0.2) is 0 Å². The molecular formula is C12H14ClN. The molecule has 0 fully saturated rings. The first-order chi connectivity index (χ1) is 6.59. The number of nitrogens with one attached hydrogen (secondary N) is 1. The Morgan fingerprint density at radius 2 is 1.86 bits per heavy atom. The lowest BCUT2D eigenvalue weighted by Crippen LogP contribution is -1.94. The lowest BCUT2D eigenvalue weighted by atomic mass is 10.1. The van der Waals surface area contributed by atoms with E-state index in [4.69, 9.17) is 17.0 Å². The van der Waals surface area contributed by atoms with Crippen LogP contribution in [0.3, 0.4) is 0 Å². The molecule has 0 aliphatic rings. The maximum absolute atomic E-state index is 7.76. The van der Waals surface area contributed by atoms with Gasteiger partial charge < -0.3 is 5.41 Å². The summed E-state index contributed by atoms with van der Waals surface area (Å²) in [4.78, 5) is 0. The van der Waals surface area contributed by atoms with E-state index < -0.39 is 0 Å². The van der Waals surface area contributed by atoms with Crippen LogP contribution in [0, 0.1) is 11.3 Å². The summed E-state index contributed by atoms with van der Waals surface area (Å²) in [6.45, 7) is 4.18. The van der Waals surface area contributed by atoms with Crippen LogP contribution in [-0.4, -0.2) is 5.71 Å². The molecule has 0 spiro atoms. The van der Waals surface area contributed by atoms with Crippen molar-refractivity contribution in [2.45, 2.75) is 13.8 Å². The summed E-state index contributed by atoms with van der Waals surface area (Å²) in [7, 11) is 0. The number of hydrogen-bond donors (Lipinski definition) is 1. The van der Waals surface area contributed by atoms with Crippen molar-refractivity contribution in [1.82, 2.24) is 0 Å². The molecule has 74 valence electrons. The van der Waals surface area contributed by atoms with Crippen molar-refractivity contribution >= 4 is 17.3 Å². The Bertz CT molecular complexity index is 336. The van der Waals surface area contributed by atoms with E-state index in [2.05, 4.69) is 13.8 Å². The summed E-state index contributed by atoms with van der Waals surface area (Å²) in [6.07, 6.45) is 3.84. The second-order valence-electron chi connectivity index (χ2n) is 3.52. The Labute approximate surface area is 89.9 Å². The fourth-order valence-electron chi connectivity index (χ4n) is 1.01. The predicted molar refractivity (Wildman–Crippen MR) is 62.3 cm³/mol. The number of halogens is 1. The molecule has 0 saturated carbocycles. The molecule has 0 aliphatic carbocycles. The van der Waals surface area contributed by atoms with E-state index in [0.29, 0.717) is 16.7 Å². The number of rotatable bonds is 3. The van der Waals surface area contributed by atoms with Crippen LogP contribution >= 0.6 is 11.6 Å². The highest BCUT2D eigenvalue weighted by Crippen LogP contribution is 2.10. The Kier molecular flexibility index (Phi) is 3.90. The molecule has 0 saturated heterocycles. The van der Waals surface area contributed by atoms with Gasteiger partial charge in [0.2, 0.25) is 0 Å². The van der Waals surface area contributed by atoms with Gasteiger partial charge >= 0.3 is 0 Å². The molecule has 1 rings (SSSR count). The third kappa shape index (κ3) is 3.35. The van der Waals surface area contributed by atoms with Crippen LogP contribution in [0.2, 0.25) is 5.02 Å². The van der Waals surface area contributed by atoms with E-state index >= 15 is 0 Å². The molecule has 0 aromatic heterocycles. The van der Waals surface area contributed by atoms with Crippen LogP contribution in [0.4, 0.5) is 0 Å². The normalized spacial score (nSPS) is 11.1. The molecule has 0 atom stereocenters. The molecule has 14 heavy (non-hydrogen) atoms. The number of benzene rings is 1. The molecule has 1 aromatic rings. The summed E-state index contributed by atoms with van der Waals surface area (Å²) >= 11 is 5.76. The van der Waals surface area contributed by atoms with Gasteiger partial charge in [0.25, 0.3) is 0 Å². The predicted octanol–water partition coefficient (Wildman–Crippen LogP) is 3.92.